The number of nitrogens with one attached hydrogen (secondary N) is 1. The summed E-state index contributed by atoms with van der Waals surface area (Å²) >= 11 is 0. The van der Waals surface area contributed by atoms with E-state index >= 15 is 0 Å². The molecule has 1 atom stereocenters. The van der Waals surface area contributed by atoms with Crippen LogP contribution in [0.3, 0.4) is 0 Å². The Morgan fingerprint density at radius 1 is 1.25 bits per heavy atom. The largest absolute Gasteiger partial charge is 0.481 e. The van der Waals surface area contributed by atoms with E-state index in [0.29, 0.717) is 12.5 Å². The SMILES string of the molecule is CC(C)C(CNC(=O)CCC(=O)O)N(C)C. The van der Waals surface area contributed by atoms with Crippen LogP contribution in [0.15, 0.2) is 0 Å². The van der Waals surface area contributed by atoms with E-state index in [1.807, 2.05) is 14.1 Å². The molecular weight excluding hydrogens is 208 g/mol. The first-order valence-electron chi connectivity index (χ1n) is 5.49. The Labute approximate surface area is 96.8 Å². The molecule has 0 aliphatic heterocycles. The third-order valence-corrected chi connectivity index (χ3v) is 2.51. The Morgan fingerprint density at radius 2 is 1.81 bits per heavy atom. The highest BCUT2D eigenvalue weighted by atomic mass is 16.4. The van der Waals surface area contributed by atoms with Crippen molar-refractivity contribution in [2.24, 2.45) is 5.92 Å². The number of carboxylic acid groups (broad SMARTS) is 1. The van der Waals surface area contributed by atoms with E-state index in [9.17, 15) is 9.59 Å². The number of hydrogen-bond donors (Lipinski definition) is 2. The fraction of sp³-hybridized carbons (Fsp3) is 0.818. The van der Waals surface area contributed by atoms with Gasteiger partial charge >= 0.3 is 5.97 Å². The molecule has 0 aromatic carbocycles. The molecular formula is C11H22N2O3. The predicted octanol–water partition coefficient (Wildman–Crippen LogP) is 0.554. The Morgan fingerprint density at radius 3 is 2.19 bits per heavy atom. The molecule has 0 bridgehead atoms. The van der Waals surface area contributed by atoms with Gasteiger partial charge in [0.25, 0.3) is 0 Å². The van der Waals surface area contributed by atoms with Gasteiger partial charge in [-0.15, -0.1) is 0 Å². The van der Waals surface area contributed by atoms with Crippen LogP contribution in [0.5, 0.6) is 0 Å². The fourth-order valence-electron chi connectivity index (χ4n) is 1.54. The van der Waals surface area contributed by atoms with Gasteiger partial charge in [0.05, 0.1) is 6.42 Å². The lowest BCUT2D eigenvalue weighted by atomic mass is 10.0. The Kier molecular flexibility index (Phi) is 6.72. The number of rotatable bonds is 7. The highest BCUT2D eigenvalue weighted by molar-refractivity contribution is 5.80. The van der Waals surface area contributed by atoms with Gasteiger partial charge in [0.1, 0.15) is 0 Å². The molecule has 2 N–H and O–H groups in total. The highest BCUT2D eigenvalue weighted by Gasteiger charge is 2.16. The van der Waals surface area contributed by atoms with Gasteiger partial charge in [0.15, 0.2) is 0 Å². The second kappa shape index (κ2) is 7.22. The quantitative estimate of drug-likeness (QED) is 0.670. The van der Waals surface area contributed by atoms with Crippen molar-refractivity contribution in [3.8, 4) is 0 Å². The van der Waals surface area contributed by atoms with Crippen molar-refractivity contribution in [1.82, 2.24) is 10.2 Å². The molecule has 0 aromatic heterocycles. The first-order valence-corrected chi connectivity index (χ1v) is 5.49. The fourth-order valence-corrected chi connectivity index (χ4v) is 1.54. The summed E-state index contributed by atoms with van der Waals surface area (Å²) in [4.78, 5) is 23.6. The summed E-state index contributed by atoms with van der Waals surface area (Å²) in [5, 5.41) is 11.2. The van der Waals surface area contributed by atoms with Crippen LogP contribution >= 0.6 is 0 Å². The maximum atomic E-state index is 11.3. The number of hydrogen-bond acceptors (Lipinski definition) is 3. The van der Waals surface area contributed by atoms with Crippen LogP contribution in [0.4, 0.5) is 0 Å². The molecule has 0 saturated heterocycles. The average molecular weight is 230 g/mol. The summed E-state index contributed by atoms with van der Waals surface area (Å²) in [6.07, 6.45) is -0.0618. The van der Waals surface area contributed by atoms with E-state index in [4.69, 9.17) is 5.11 Å². The van der Waals surface area contributed by atoms with Gasteiger partial charge in [-0.2, -0.15) is 0 Å². The number of carbonyl (C=O) groups is 2. The Balaban J connectivity index is 3.92. The van der Waals surface area contributed by atoms with Crippen LogP contribution in [0, 0.1) is 5.92 Å². The second-order valence-corrected chi connectivity index (χ2v) is 4.47. The minimum atomic E-state index is -0.942. The zero-order valence-corrected chi connectivity index (χ0v) is 10.5. The van der Waals surface area contributed by atoms with Gasteiger partial charge in [-0.3, -0.25) is 9.59 Å². The third kappa shape index (κ3) is 6.40. The molecule has 0 rings (SSSR count). The maximum Gasteiger partial charge on any atom is 0.303 e. The van der Waals surface area contributed by atoms with E-state index < -0.39 is 5.97 Å². The third-order valence-electron chi connectivity index (χ3n) is 2.51. The molecule has 0 spiro atoms. The maximum absolute atomic E-state index is 11.3. The summed E-state index contributed by atoms with van der Waals surface area (Å²) in [5.74, 6) is -0.701. The highest BCUT2D eigenvalue weighted by Crippen LogP contribution is 2.06. The molecule has 1 unspecified atom stereocenters. The minimum Gasteiger partial charge on any atom is -0.481 e. The first-order chi connectivity index (χ1) is 7.34. The molecule has 16 heavy (non-hydrogen) atoms. The van der Waals surface area contributed by atoms with Crippen LogP contribution in [0.1, 0.15) is 26.7 Å². The van der Waals surface area contributed by atoms with Gasteiger partial charge in [-0.1, -0.05) is 13.8 Å². The molecule has 1 amide bonds. The smallest absolute Gasteiger partial charge is 0.303 e. The van der Waals surface area contributed by atoms with Crippen molar-refractivity contribution in [3.05, 3.63) is 0 Å². The molecule has 0 aliphatic carbocycles. The first kappa shape index (κ1) is 14.9. The number of aliphatic carboxylic acids is 1. The predicted molar refractivity (Wildman–Crippen MR) is 62.2 cm³/mol. The van der Waals surface area contributed by atoms with Crippen molar-refractivity contribution in [2.45, 2.75) is 32.7 Å². The van der Waals surface area contributed by atoms with Gasteiger partial charge in [0, 0.05) is 19.0 Å². The summed E-state index contributed by atoms with van der Waals surface area (Å²) in [7, 11) is 3.93. The summed E-state index contributed by atoms with van der Waals surface area (Å²) < 4.78 is 0. The molecule has 94 valence electrons. The van der Waals surface area contributed by atoms with E-state index in [1.54, 1.807) is 0 Å². The zero-order valence-electron chi connectivity index (χ0n) is 10.5. The average Bonchev–Trinajstić information content (AvgIpc) is 2.13. The summed E-state index contributed by atoms with van der Waals surface area (Å²) in [5.41, 5.74) is 0. The molecule has 0 aliphatic rings. The number of carboxylic acids is 1. The van der Waals surface area contributed by atoms with E-state index in [-0.39, 0.29) is 24.8 Å². The van der Waals surface area contributed by atoms with Crippen molar-refractivity contribution < 1.29 is 14.7 Å². The standard InChI is InChI=1S/C11H22N2O3/c1-8(2)9(13(3)4)7-12-10(14)5-6-11(15)16/h8-9H,5-7H2,1-4H3,(H,12,14)(H,15,16). The van der Waals surface area contributed by atoms with Gasteiger partial charge in [-0.05, 0) is 20.0 Å². The number of nitrogens with zero attached hydrogens (tertiary/aromatic N) is 1. The van der Waals surface area contributed by atoms with Gasteiger partial charge in [-0.25, -0.2) is 0 Å². The lowest BCUT2D eigenvalue weighted by Gasteiger charge is -2.28. The lowest BCUT2D eigenvalue weighted by Crippen LogP contribution is -2.43. The van der Waals surface area contributed by atoms with E-state index in [1.165, 1.54) is 0 Å². The van der Waals surface area contributed by atoms with Gasteiger partial charge in [0.2, 0.25) is 5.91 Å². The van der Waals surface area contributed by atoms with Crippen molar-refractivity contribution in [3.63, 3.8) is 0 Å². The van der Waals surface area contributed by atoms with Gasteiger partial charge < -0.3 is 15.3 Å². The van der Waals surface area contributed by atoms with E-state index in [2.05, 4.69) is 24.1 Å². The van der Waals surface area contributed by atoms with Crippen LogP contribution in [-0.4, -0.2) is 48.6 Å². The number of likely N-dealkylation sites (N-methyl/N-ethyl adjacent to an activating group) is 1. The Bertz CT molecular complexity index is 231. The van der Waals surface area contributed by atoms with Crippen LogP contribution < -0.4 is 5.32 Å². The summed E-state index contributed by atoms with van der Waals surface area (Å²) in [6.45, 7) is 4.74. The molecule has 0 radical (unpaired) electrons. The van der Waals surface area contributed by atoms with Crippen LogP contribution in [-0.2, 0) is 9.59 Å². The van der Waals surface area contributed by atoms with Crippen molar-refractivity contribution in [2.75, 3.05) is 20.6 Å². The molecule has 5 heteroatoms. The monoisotopic (exact) mass is 230 g/mol. The number of amides is 1. The number of carbonyl (C=O) groups excluding carboxylic acids is 1. The molecule has 0 saturated carbocycles. The normalized spacial score (nSPS) is 12.9. The van der Waals surface area contributed by atoms with Crippen molar-refractivity contribution in [1.29, 1.82) is 0 Å². The summed E-state index contributed by atoms with van der Waals surface area (Å²) in [6, 6.07) is 0.272. The van der Waals surface area contributed by atoms with Crippen LogP contribution in [0.2, 0.25) is 0 Å². The lowest BCUT2D eigenvalue weighted by molar-refractivity contribution is -0.138. The Hall–Kier alpha value is -1.10. The topological polar surface area (TPSA) is 69.6 Å². The second-order valence-electron chi connectivity index (χ2n) is 4.47. The van der Waals surface area contributed by atoms with Crippen molar-refractivity contribution >= 4 is 11.9 Å². The zero-order chi connectivity index (χ0) is 12.7. The molecule has 0 heterocycles. The molecule has 5 nitrogen and oxygen atoms in total. The van der Waals surface area contributed by atoms with Crippen LogP contribution in [0.25, 0.3) is 0 Å². The van der Waals surface area contributed by atoms with E-state index in [0.717, 1.165) is 0 Å². The molecule has 0 fully saturated rings. The molecule has 0 aromatic rings. The minimum absolute atomic E-state index is 0.0492.